The number of aromatic nitrogens is 2. The van der Waals surface area contributed by atoms with Gasteiger partial charge in [0.25, 0.3) is 5.91 Å². The SMILES string of the molecule is NC(=O)c1cc2ncnc(N3CCC(CCO)CC3)c2s1. The van der Waals surface area contributed by atoms with E-state index in [0.29, 0.717) is 10.8 Å². The number of aliphatic hydroxyl groups is 1. The maximum Gasteiger partial charge on any atom is 0.258 e. The van der Waals surface area contributed by atoms with E-state index in [1.165, 1.54) is 17.7 Å². The van der Waals surface area contributed by atoms with Crippen molar-refractivity contribution in [1.82, 2.24) is 9.97 Å². The third-order valence-electron chi connectivity index (χ3n) is 3.99. The van der Waals surface area contributed by atoms with E-state index in [0.717, 1.165) is 48.4 Å². The number of thiophene rings is 1. The molecule has 3 N–H and O–H groups in total. The number of carbonyl (C=O) groups excluding carboxylic acids is 1. The van der Waals surface area contributed by atoms with Gasteiger partial charge in [0, 0.05) is 19.7 Å². The first-order valence-electron chi connectivity index (χ1n) is 7.09. The van der Waals surface area contributed by atoms with E-state index in [1.54, 1.807) is 6.07 Å². The molecule has 1 saturated heterocycles. The first-order chi connectivity index (χ1) is 10.2. The average Bonchev–Trinajstić information content (AvgIpc) is 2.93. The molecule has 6 nitrogen and oxygen atoms in total. The second-order valence-corrected chi connectivity index (χ2v) is 6.38. The van der Waals surface area contributed by atoms with Crippen LogP contribution in [-0.2, 0) is 0 Å². The Morgan fingerprint density at radius 2 is 2.19 bits per heavy atom. The molecule has 0 spiro atoms. The van der Waals surface area contributed by atoms with E-state index < -0.39 is 5.91 Å². The lowest BCUT2D eigenvalue weighted by atomic mass is 9.94. The summed E-state index contributed by atoms with van der Waals surface area (Å²) in [5, 5.41) is 9.02. The zero-order valence-electron chi connectivity index (χ0n) is 11.7. The number of primary amides is 1. The molecule has 1 aliphatic heterocycles. The standard InChI is InChI=1S/C14H18N4O2S/c15-13(20)11-7-10-12(21-11)14(17-8-16-10)18-4-1-9(2-5-18)3-6-19/h7-9,19H,1-6H2,(H2,15,20). The summed E-state index contributed by atoms with van der Waals surface area (Å²) in [4.78, 5) is 22.7. The van der Waals surface area contributed by atoms with Crippen molar-refractivity contribution in [3.05, 3.63) is 17.3 Å². The van der Waals surface area contributed by atoms with Crippen molar-refractivity contribution in [1.29, 1.82) is 0 Å². The minimum Gasteiger partial charge on any atom is -0.396 e. The van der Waals surface area contributed by atoms with E-state index in [1.807, 2.05) is 0 Å². The Hall–Kier alpha value is -1.73. The molecule has 2 aromatic heterocycles. The fourth-order valence-corrected chi connectivity index (χ4v) is 3.78. The smallest absolute Gasteiger partial charge is 0.258 e. The molecule has 112 valence electrons. The van der Waals surface area contributed by atoms with E-state index in [-0.39, 0.29) is 6.61 Å². The molecule has 1 fully saturated rings. The van der Waals surface area contributed by atoms with Crippen molar-refractivity contribution < 1.29 is 9.90 Å². The third-order valence-corrected chi connectivity index (χ3v) is 5.12. The van der Waals surface area contributed by atoms with Gasteiger partial charge in [-0.1, -0.05) is 0 Å². The molecule has 0 aliphatic carbocycles. The Kier molecular flexibility index (Phi) is 4.03. The van der Waals surface area contributed by atoms with Crippen LogP contribution >= 0.6 is 11.3 Å². The minimum absolute atomic E-state index is 0.259. The highest BCUT2D eigenvalue weighted by atomic mass is 32.1. The predicted molar refractivity (Wildman–Crippen MR) is 82.6 cm³/mol. The fraction of sp³-hybridized carbons (Fsp3) is 0.500. The van der Waals surface area contributed by atoms with E-state index in [9.17, 15) is 4.79 Å². The number of carbonyl (C=O) groups is 1. The van der Waals surface area contributed by atoms with Gasteiger partial charge in [-0.2, -0.15) is 0 Å². The lowest BCUT2D eigenvalue weighted by Crippen LogP contribution is -2.34. The molecule has 0 aromatic carbocycles. The summed E-state index contributed by atoms with van der Waals surface area (Å²) in [6.45, 7) is 2.09. The minimum atomic E-state index is -0.425. The van der Waals surface area contributed by atoms with Crippen molar-refractivity contribution in [3.63, 3.8) is 0 Å². The fourth-order valence-electron chi connectivity index (χ4n) is 2.80. The Morgan fingerprint density at radius 1 is 1.43 bits per heavy atom. The molecule has 21 heavy (non-hydrogen) atoms. The van der Waals surface area contributed by atoms with Gasteiger partial charge in [-0.25, -0.2) is 9.97 Å². The second-order valence-electron chi connectivity index (χ2n) is 5.33. The lowest BCUT2D eigenvalue weighted by molar-refractivity contribution is 0.100. The van der Waals surface area contributed by atoms with Crippen LogP contribution in [0.25, 0.3) is 10.2 Å². The first-order valence-corrected chi connectivity index (χ1v) is 7.91. The van der Waals surface area contributed by atoms with E-state index >= 15 is 0 Å². The number of hydrogen-bond acceptors (Lipinski definition) is 6. The van der Waals surface area contributed by atoms with Gasteiger partial charge in [0.1, 0.15) is 12.1 Å². The quantitative estimate of drug-likeness (QED) is 0.890. The number of anilines is 1. The largest absolute Gasteiger partial charge is 0.396 e. The second kappa shape index (κ2) is 5.95. The number of nitrogens with two attached hydrogens (primary N) is 1. The Bertz CT molecular complexity index is 649. The normalized spacial score (nSPS) is 16.5. The van der Waals surface area contributed by atoms with Gasteiger partial charge in [0.05, 0.1) is 15.1 Å². The summed E-state index contributed by atoms with van der Waals surface area (Å²) in [5.74, 6) is 1.05. The van der Waals surface area contributed by atoms with Crippen molar-refractivity contribution >= 4 is 33.3 Å². The highest BCUT2D eigenvalue weighted by molar-refractivity contribution is 7.21. The molecule has 0 atom stereocenters. The van der Waals surface area contributed by atoms with Gasteiger partial charge in [-0.3, -0.25) is 4.79 Å². The van der Waals surface area contributed by atoms with Crippen molar-refractivity contribution in [2.24, 2.45) is 11.7 Å². The number of fused-ring (bicyclic) bond motifs is 1. The molecule has 0 unspecified atom stereocenters. The zero-order valence-corrected chi connectivity index (χ0v) is 12.5. The Labute approximate surface area is 126 Å². The molecule has 1 aliphatic rings. The predicted octanol–water partition coefficient (Wildman–Crippen LogP) is 1.39. The highest BCUT2D eigenvalue weighted by Crippen LogP contribution is 2.33. The van der Waals surface area contributed by atoms with Gasteiger partial charge in [-0.05, 0) is 31.2 Å². The van der Waals surface area contributed by atoms with Gasteiger partial charge >= 0.3 is 0 Å². The first kappa shape index (κ1) is 14.2. The van der Waals surface area contributed by atoms with Crippen molar-refractivity contribution in [2.75, 3.05) is 24.6 Å². The summed E-state index contributed by atoms with van der Waals surface area (Å²) < 4.78 is 0.923. The Morgan fingerprint density at radius 3 is 2.86 bits per heavy atom. The molecule has 0 saturated carbocycles. The van der Waals surface area contributed by atoms with Crippen LogP contribution in [0.1, 0.15) is 28.9 Å². The molecular formula is C14H18N4O2S. The van der Waals surface area contributed by atoms with Crippen LogP contribution in [0.5, 0.6) is 0 Å². The van der Waals surface area contributed by atoms with Crippen LogP contribution in [0, 0.1) is 5.92 Å². The van der Waals surface area contributed by atoms with Crippen LogP contribution < -0.4 is 10.6 Å². The Balaban J connectivity index is 1.85. The van der Waals surface area contributed by atoms with Crippen LogP contribution in [0.3, 0.4) is 0 Å². The number of rotatable bonds is 4. The lowest BCUT2D eigenvalue weighted by Gasteiger charge is -2.32. The molecule has 2 aromatic rings. The van der Waals surface area contributed by atoms with E-state index in [2.05, 4.69) is 14.9 Å². The topological polar surface area (TPSA) is 92.3 Å². The molecule has 0 bridgehead atoms. The summed E-state index contributed by atoms with van der Waals surface area (Å²) >= 11 is 1.36. The number of amides is 1. The van der Waals surface area contributed by atoms with Gasteiger partial charge in [-0.15, -0.1) is 11.3 Å². The third kappa shape index (κ3) is 2.84. The van der Waals surface area contributed by atoms with E-state index in [4.69, 9.17) is 10.8 Å². The summed E-state index contributed by atoms with van der Waals surface area (Å²) in [6, 6.07) is 1.73. The van der Waals surface area contributed by atoms with Crippen LogP contribution in [0.15, 0.2) is 12.4 Å². The maximum absolute atomic E-state index is 11.3. The van der Waals surface area contributed by atoms with Gasteiger partial charge in [0.15, 0.2) is 0 Å². The number of hydrogen-bond donors (Lipinski definition) is 2. The zero-order chi connectivity index (χ0) is 14.8. The van der Waals surface area contributed by atoms with Crippen LogP contribution in [0.2, 0.25) is 0 Å². The number of piperidine rings is 1. The number of aliphatic hydroxyl groups excluding tert-OH is 1. The monoisotopic (exact) mass is 306 g/mol. The summed E-state index contributed by atoms with van der Waals surface area (Å²) in [7, 11) is 0. The molecular weight excluding hydrogens is 288 g/mol. The number of nitrogens with zero attached hydrogens (tertiary/aromatic N) is 3. The van der Waals surface area contributed by atoms with Gasteiger partial charge in [0.2, 0.25) is 0 Å². The molecule has 0 radical (unpaired) electrons. The average molecular weight is 306 g/mol. The molecule has 7 heteroatoms. The maximum atomic E-state index is 11.3. The molecule has 3 rings (SSSR count). The summed E-state index contributed by atoms with van der Waals surface area (Å²) in [6.07, 6.45) is 4.52. The molecule has 3 heterocycles. The van der Waals surface area contributed by atoms with Crippen LogP contribution in [-0.4, -0.2) is 40.7 Å². The summed E-state index contributed by atoms with van der Waals surface area (Å²) in [5.41, 5.74) is 6.12. The van der Waals surface area contributed by atoms with Crippen molar-refractivity contribution in [3.8, 4) is 0 Å². The van der Waals surface area contributed by atoms with Crippen LogP contribution in [0.4, 0.5) is 5.82 Å². The highest BCUT2D eigenvalue weighted by Gasteiger charge is 2.22. The molecule has 1 amide bonds. The van der Waals surface area contributed by atoms with Gasteiger partial charge < -0.3 is 15.7 Å². The van der Waals surface area contributed by atoms with Crippen molar-refractivity contribution in [2.45, 2.75) is 19.3 Å².